The summed E-state index contributed by atoms with van der Waals surface area (Å²) in [4.78, 5) is 11.0. The highest BCUT2D eigenvalue weighted by molar-refractivity contribution is 5.69. The average Bonchev–Trinajstić information content (AvgIpc) is 2.29. The van der Waals surface area contributed by atoms with Gasteiger partial charge in [-0.15, -0.1) is 0 Å². The lowest BCUT2D eigenvalue weighted by Gasteiger charge is -2.31. The van der Waals surface area contributed by atoms with E-state index in [1.54, 1.807) is 0 Å². The van der Waals surface area contributed by atoms with Gasteiger partial charge in [0.1, 0.15) is 0 Å². The molecule has 0 bridgehead atoms. The molecule has 0 radical (unpaired) electrons. The first-order valence-corrected chi connectivity index (χ1v) is 5.62. The van der Waals surface area contributed by atoms with Crippen LogP contribution < -0.4 is 5.73 Å². The van der Waals surface area contributed by atoms with Gasteiger partial charge in [-0.1, -0.05) is 43.7 Å². The van der Waals surface area contributed by atoms with Crippen molar-refractivity contribution in [2.75, 3.05) is 6.54 Å². The van der Waals surface area contributed by atoms with Crippen molar-refractivity contribution < 1.29 is 9.90 Å². The summed E-state index contributed by atoms with van der Waals surface area (Å²) in [5, 5.41) is 9.01. The minimum absolute atomic E-state index is 0.0986. The highest BCUT2D eigenvalue weighted by Gasteiger charge is 2.32. The van der Waals surface area contributed by atoms with Gasteiger partial charge in [0, 0.05) is 12.0 Å². The van der Waals surface area contributed by atoms with Gasteiger partial charge in [-0.3, -0.25) is 4.79 Å². The number of carboxylic acids is 1. The molecule has 0 heterocycles. The van der Waals surface area contributed by atoms with Crippen LogP contribution in [-0.4, -0.2) is 17.6 Å². The first-order valence-electron chi connectivity index (χ1n) is 5.62. The molecule has 0 spiro atoms. The summed E-state index contributed by atoms with van der Waals surface area (Å²) in [6.07, 6.45) is 1.83. The van der Waals surface area contributed by atoms with Crippen LogP contribution in [-0.2, 0) is 10.2 Å². The fourth-order valence-corrected chi connectivity index (χ4v) is 2.19. The fourth-order valence-electron chi connectivity index (χ4n) is 2.19. The minimum Gasteiger partial charge on any atom is -0.481 e. The summed E-state index contributed by atoms with van der Waals surface area (Å²) in [6.45, 7) is 2.42. The van der Waals surface area contributed by atoms with Gasteiger partial charge in [0.25, 0.3) is 0 Å². The van der Waals surface area contributed by atoms with Crippen LogP contribution in [0.1, 0.15) is 31.7 Å². The standard InChI is InChI=1S/C13H19NO2/c1-2-8-13(10-14,9-12(15)16)11-6-4-3-5-7-11/h3-7H,2,8-10,14H2,1H3,(H,15,16). The molecule has 1 atom stereocenters. The highest BCUT2D eigenvalue weighted by atomic mass is 16.4. The third-order valence-electron chi connectivity index (χ3n) is 3.00. The molecule has 1 aromatic rings. The molecule has 16 heavy (non-hydrogen) atoms. The molecule has 0 amide bonds. The van der Waals surface area contributed by atoms with Gasteiger partial charge < -0.3 is 10.8 Å². The number of aliphatic carboxylic acids is 1. The first-order chi connectivity index (χ1) is 7.64. The van der Waals surface area contributed by atoms with Crippen LogP contribution in [0, 0.1) is 0 Å². The number of benzene rings is 1. The van der Waals surface area contributed by atoms with E-state index >= 15 is 0 Å². The van der Waals surface area contributed by atoms with E-state index in [-0.39, 0.29) is 6.42 Å². The Labute approximate surface area is 96.3 Å². The van der Waals surface area contributed by atoms with Crippen molar-refractivity contribution in [3.8, 4) is 0 Å². The second-order valence-corrected chi connectivity index (χ2v) is 4.17. The number of hydrogen-bond donors (Lipinski definition) is 2. The van der Waals surface area contributed by atoms with Gasteiger partial charge in [0.15, 0.2) is 0 Å². The van der Waals surface area contributed by atoms with Crippen LogP contribution >= 0.6 is 0 Å². The van der Waals surface area contributed by atoms with Crippen LogP contribution in [0.15, 0.2) is 30.3 Å². The average molecular weight is 221 g/mol. The third-order valence-corrected chi connectivity index (χ3v) is 3.00. The molecule has 0 saturated carbocycles. The zero-order valence-electron chi connectivity index (χ0n) is 9.65. The van der Waals surface area contributed by atoms with E-state index in [9.17, 15) is 4.79 Å². The molecule has 0 aliphatic rings. The van der Waals surface area contributed by atoms with Crippen molar-refractivity contribution in [2.45, 2.75) is 31.6 Å². The van der Waals surface area contributed by atoms with Crippen molar-refractivity contribution in [1.82, 2.24) is 0 Å². The molecule has 1 aromatic carbocycles. The molecule has 1 rings (SSSR count). The number of carbonyl (C=O) groups is 1. The Hall–Kier alpha value is -1.35. The van der Waals surface area contributed by atoms with Crippen LogP contribution in [0.25, 0.3) is 0 Å². The summed E-state index contributed by atoms with van der Waals surface area (Å²) in [5.41, 5.74) is 6.43. The van der Waals surface area contributed by atoms with Crippen molar-refractivity contribution in [3.05, 3.63) is 35.9 Å². The maximum absolute atomic E-state index is 11.0. The number of nitrogens with two attached hydrogens (primary N) is 1. The summed E-state index contributed by atoms with van der Waals surface area (Å²) >= 11 is 0. The predicted molar refractivity (Wildman–Crippen MR) is 64.3 cm³/mol. The Morgan fingerprint density at radius 1 is 1.38 bits per heavy atom. The molecular formula is C13H19NO2. The molecular weight excluding hydrogens is 202 g/mol. The normalized spacial score (nSPS) is 14.4. The van der Waals surface area contributed by atoms with Gasteiger partial charge in [0.2, 0.25) is 0 Å². The van der Waals surface area contributed by atoms with Gasteiger partial charge in [-0.25, -0.2) is 0 Å². The fraction of sp³-hybridized carbons (Fsp3) is 0.462. The summed E-state index contributed by atoms with van der Waals surface area (Å²) in [5.74, 6) is -0.789. The second-order valence-electron chi connectivity index (χ2n) is 4.17. The lowest BCUT2D eigenvalue weighted by molar-refractivity contribution is -0.138. The minimum atomic E-state index is -0.789. The Kier molecular flexibility index (Phi) is 4.50. The first kappa shape index (κ1) is 12.7. The van der Waals surface area contributed by atoms with Gasteiger partial charge >= 0.3 is 5.97 Å². The van der Waals surface area contributed by atoms with Crippen LogP contribution in [0.5, 0.6) is 0 Å². The van der Waals surface area contributed by atoms with Crippen molar-refractivity contribution in [3.63, 3.8) is 0 Å². The largest absolute Gasteiger partial charge is 0.481 e. The van der Waals surface area contributed by atoms with E-state index in [4.69, 9.17) is 10.8 Å². The van der Waals surface area contributed by atoms with Crippen molar-refractivity contribution in [1.29, 1.82) is 0 Å². The molecule has 0 saturated heterocycles. The third kappa shape index (κ3) is 2.83. The zero-order chi connectivity index (χ0) is 12.0. The molecule has 0 aliphatic carbocycles. The van der Waals surface area contributed by atoms with Gasteiger partial charge in [-0.05, 0) is 12.0 Å². The summed E-state index contributed by atoms with van der Waals surface area (Å²) < 4.78 is 0. The topological polar surface area (TPSA) is 63.3 Å². The number of rotatable bonds is 6. The Balaban J connectivity index is 3.06. The molecule has 0 aromatic heterocycles. The molecule has 0 fully saturated rings. The Morgan fingerprint density at radius 3 is 2.44 bits per heavy atom. The molecule has 88 valence electrons. The summed E-state index contributed by atoms with van der Waals surface area (Å²) in [7, 11) is 0. The SMILES string of the molecule is CCCC(CN)(CC(=O)O)c1ccccc1. The van der Waals surface area contributed by atoms with E-state index in [1.807, 2.05) is 30.3 Å². The van der Waals surface area contributed by atoms with E-state index in [0.29, 0.717) is 6.54 Å². The van der Waals surface area contributed by atoms with Gasteiger partial charge in [0.05, 0.1) is 6.42 Å². The second kappa shape index (κ2) is 5.66. The maximum atomic E-state index is 11.0. The molecule has 0 aliphatic heterocycles. The summed E-state index contributed by atoms with van der Waals surface area (Å²) in [6, 6.07) is 9.71. The molecule has 3 nitrogen and oxygen atoms in total. The predicted octanol–water partition coefficient (Wildman–Crippen LogP) is 2.16. The molecule has 1 unspecified atom stereocenters. The molecule has 3 heteroatoms. The van der Waals surface area contributed by atoms with Gasteiger partial charge in [-0.2, -0.15) is 0 Å². The smallest absolute Gasteiger partial charge is 0.304 e. The van der Waals surface area contributed by atoms with Crippen molar-refractivity contribution >= 4 is 5.97 Å². The maximum Gasteiger partial charge on any atom is 0.304 e. The zero-order valence-corrected chi connectivity index (χ0v) is 9.65. The monoisotopic (exact) mass is 221 g/mol. The Morgan fingerprint density at radius 2 is 2.00 bits per heavy atom. The molecule has 3 N–H and O–H groups in total. The van der Waals surface area contributed by atoms with E-state index < -0.39 is 11.4 Å². The number of carboxylic acid groups (broad SMARTS) is 1. The van der Waals surface area contributed by atoms with E-state index in [2.05, 4.69) is 6.92 Å². The quantitative estimate of drug-likeness (QED) is 0.773. The number of hydrogen-bond acceptors (Lipinski definition) is 2. The lowest BCUT2D eigenvalue weighted by atomic mass is 9.74. The highest BCUT2D eigenvalue weighted by Crippen LogP contribution is 2.32. The lowest BCUT2D eigenvalue weighted by Crippen LogP contribution is -2.37. The van der Waals surface area contributed by atoms with E-state index in [1.165, 1.54) is 0 Å². The van der Waals surface area contributed by atoms with E-state index in [0.717, 1.165) is 18.4 Å². The van der Waals surface area contributed by atoms with Crippen LogP contribution in [0.4, 0.5) is 0 Å². The van der Waals surface area contributed by atoms with Crippen LogP contribution in [0.3, 0.4) is 0 Å². The van der Waals surface area contributed by atoms with Crippen molar-refractivity contribution in [2.24, 2.45) is 5.73 Å². The Bertz CT molecular complexity index is 337. The van der Waals surface area contributed by atoms with Crippen LogP contribution in [0.2, 0.25) is 0 Å².